The number of nitrogens with zero attached hydrogens (tertiary/aromatic N) is 3. The fraction of sp³-hybridized carbons (Fsp3) is 0.0714. The fourth-order valence-electron chi connectivity index (χ4n) is 2.03. The second-order valence-corrected chi connectivity index (χ2v) is 5.05. The number of nitrogens with two attached hydrogens (primary N) is 1. The SMILES string of the molecule is Cc1cc2nn(-c3ccc(F)cc3)nc2cc1NC(N)=S. The molecule has 1 heterocycles. The van der Waals surface area contributed by atoms with Gasteiger partial charge in [-0.15, -0.1) is 10.2 Å². The van der Waals surface area contributed by atoms with E-state index in [1.807, 2.05) is 19.1 Å². The Balaban J connectivity index is 2.07. The molecule has 0 bridgehead atoms. The van der Waals surface area contributed by atoms with Gasteiger partial charge in [-0.1, -0.05) is 0 Å². The van der Waals surface area contributed by atoms with Crippen LogP contribution in [0.1, 0.15) is 5.56 Å². The third-order valence-corrected chi connectivity index (χ3v) is 3.14. The van der Waals surface area contributed by atoms with Crippen LogP contribution in [0.25, 0.3) is 16.7 Å². The molecular formula is C14H12FN5S. The van der Waals surface area contributed by atoms with Crippen molar-refractivity contribution in [2.45, 2.75) is 6.92 Å². The monoisotopic (exact) mass is 301 g/mol. The van der Waals surface area contributed by atoms with Crippen molar-refractivity contribution < 1.29 is 4.39 Å². The van der Waals surface area contributed by atoms with E-state index in [9.17, 15) is 4.39 Å². The van der Waals surface area contributed by atoms with Crippen LogP contribution in [-0.2, 0) is 0 Å². The first-order valence-electron chi connectivity index (χ1n) is 6.23. The number of rotatable bonds is 2. The molecule has 0 aliphatic rings. The molecule has 3 rings (SSSR count). The molecule has 0 radical (unpaired) electrons. The lowest BCUT2D eigenvalue weighted by atomic mass is 10.2. The number of thiocarbonyl (C=S) groups is 1. The van der Waals surface area contributed by atoms with Crippen LogP contribution in [0.3, 0.4) is 0 Å². The molecule has 0 aliphatic carbocycles. The second-order valence-electron chi connectivity index (χ2n) is 4.61. The third kappa shape index (κ3) is 2.68. The van der Waals surface area contributed by atoms with Gasteiger partial charge >= 0.3 is 0 Å². The van der Waals surface area contributed by atoms with Crippen molar-refractivity contribution in [3.8, 4) is 5.69 Å². The van der Waals surface area contributed by atoms with Gasteiger partial charge in [0.1, 0.15) is 16.9 Å². The molecule has 106 valence electrons. The summed E-state index contributed by atoms with van der Waals surface area (Å²) in [6.45, 7) is 1.93. The summed E-state index contributed by atoms with van der Waals surface area (Å²) in [7, 11) is 0. The first-order valence-corrected chi connectivity index (χ1v) is 6.64. The zero-order chi connectivity index (χ0) is 15.0. The van der Waals surface area contributed by atoms with Crippen LogP contribution in [0.15, 0.2) is 36.4 Å². The van der Waals surface area contributed by atoms with Crippen LogP contribution in [0.5, 0.6) is 0 Å². The molecule has 1 aromatic heterocycles. The molecule has 0 fully saturated rings. The van der Waals surface area contributed by atoms with Gasteiger partial charge in [-0.05, 0) is 61.1 Å². The minimum absolute atomic E-state index is 0.198. The summed E-state index contributed by atoms with van der Waals surface area (Å²) < 4.78 is 13.0. The van der Waals surface area contributed by atoms with Crippen LogP contribution < -0.4 is 11.1 Å². The molecule has 0 saturated heterocycles. The topological polar surface area (TPSA) is 68.8 Å². The number of benzene rings is 2. The van der Waals surface area contributed by atoms with E-state index in [-0.39, 0.29) is 10.9 Å². The van der Waals surface area contributed by atoms with Crippen LogP contribution in [0.2, 0.25) is 0 Å². The Labute approximate surface area is 125 Å². The smallest absolute Gasteiger partial charge is 0.168 e. The maximum absolute atomic E-state index is 13.0. The normalized spacial score (nSPS) is 10.8. The molecule has 7 heteroatoms. The quantitative estimate of drug-likeness (QED) is 0.712. The van der Waals surface area contributed by atoms with E-state index in [0.717, 1.165) is 16.8 Å². The Hall–Kier alpha value is -2.54. The molecule has 2 aromatic carbocycles. The van der Waals surface area contributed by atoms with Crippen molar-refractivity contribution in [1.29, 1.82) is 0 Å². The highest BCUT2D eigenvalue weighted by Crippen LogP contribution is 2.22. The van der Waals surface area contributed by atoms with Crippen molar-refractivity contribution in [3.63, 3.8) is 0 Å². The predicted octanol–water partition coefficient (Wildman–Crippen LogP) is 2.52. The maximum Gasteiger partial charge on any atom is 0.168 e. The van der Waals surface area contributed by atoms with Gasteiger partial charge in [-0.2, -0.15) is 4.80 Å². The van der Waals surface area contributed by atoms with E-state index in [1.54, 1.807) is 12.1 Å². The number of halogens is 1. The largest absolute Gasteiger partial charge is 0.376 e. The molecule has 0 aliphatic heterocycles. The maximum atomic E-state index is 13.0. The summed E-state index contributed by atoms with van der Waals surface area (Å²) in [5.41, 5.74) is 9.37. The molecule has 3 N–H and O–H groups in total. The number of nitrogens with one attached hydrogen (secondary N) is 1. The van der Waals surface area contributed by atoms with Crippen LogP contribution in [0, 0.1) is 12.7 Å². The molecule has 21 heavy (non-hydrogen) atoms. The van der Waals surface area contributed by atoms with Crippen molar-refractivity contribution in [3.05, 3.63) is 47.8 Å². The fourth-order valence-corrected chi connectivity index (χ4v) is 2.14. The van der Waals surface area contributed by atoms with E-state index in [0.29, 0.717) is 11.2 Å². The Morgan fingerprint density at radius 1 is 1.19 bits per heavy atom. The minimum atomic E-state index is -0.297. The molecule has 5 nitrogen and oxygen atoms in total. The number of hydrogen-bond acceptors (Lipinski definition) is 3. The third-order valence-electron chi connectivity index (χ3n) is 3.04. The Bertz CT molecular complexity index is 825. The lowest BCUT2D eigenvalue weighted by Gasteiger charge is -2.06. The molecule has 0 amide bonds. The van der Waals surface area contributed by atoms with Crippen LogP contribution in [-0.4, -0.2) is 20.1 Å². The molecule has 0 saturated carbocycles. The molecule has 3 aromatic rings. The minimum Gasteiger partial charge on any atom is -0.376 e. The number of fused-ring (bicyclic) bond motifs is 1. The summed E-state index contributed by atoms with van der Waals surface area (Å²) in [6.07, 6.45) is 0. The van der Waals surface area contributed by atoms with Crippen LogP contribution >= 0.6 is 12.2 Å². The standard InChI is InChI=1S/C14H12FN5S/c1-8-6-12-13(7-11(8)17-14(16)21)19-20(18-12)10-4-2-9(15)3-5-10/h2-7H,1H3,(H3,16,17,21). The van der Waals surface area contributed by atoms with E-state index in [4.69, 9.17) is 18.0 Å². The molecule has 0 atom stereocenters. The Morgan fingerprint density at radius 2 is 1.81 bits per heavy atom. The second kappa shape index (κ2) is 5.10. The van der Waals surface area contributed by atoms with Gasteiger partial charge in [0.2, 0.25) is 0 Å². The zero-order valence-corrected chi connectivity index (χ0v) is 12.0. The predicted molar refractivity (Wildman–Crippen MR) is 84.0 cm³/mol. The summed E-state index contributed by atoms with van der Waals surface area (Å²) >= 11 is 4.84. The van der Waals surface area contributed by atoms with Crippen LogP contribution in [0.4, 0.5) is 10.1 Å². The van der Waals surface area contributed by atoms with Gasteiger partial charge < -0.3 is 11.1 Å². The van der Waals surface area contributed by atoms with E-state index < -0.39 is 0 Å². The molecule has 0 unspecified atom stereocenters. The van der Waals surface area contributed by atoms with Gasteiger partial charge in [0.15, 0.2) is 5.11 Å². The Kier molecular flexibility index (Phi) is 3.26. The van der Waals surface area contributed by atoms with Crippen molar-refractivity contribution >= 4 is 34.1 Å². The van der Waals surface area contributed by atoms with Gasteiger partial charge in [-0.3, -0.25) is 0 Å². The van der Waals surface area contributed by atoms with Crippen molar-refractivity contribution in [2.75, 3.05) is 5.32 Å². The highest BCUT2D eigenvalue weighted by Gasteiger charge is 2.08. The zero-order valence-electron chi connectivity index (χ0n) is 11.2. The first-order chi connectivity index (χ1) is 10.0. The number of anilines is 1. The summed E-state index contributed by atoms with van der Waals surface area (Å²) in [5.74, 6) is -0.297. The van der Waals surface area contributed by atoms with E-state index >= 15 is 0 Å². The van der Waals surface area contributed by atoms with Gasteiger partial charge in [0.05, 0.1) is 5.69 Å². The van der Waals surface area contributed by atoms with E-state index in [1.165, 1.54) is 16.9 Å². The number of hydrogen-bond donors (Lipinski definition) is 2. The average molecular weight is 301 g/mol. The summed E-state index contributed by atoms with van der Waals surface area (Å²) in [4.78, 5) is 1.47. The van der Waals surface area contributed by atoms with Crippen molar-refractivity contribution in [2.24, 2.45) is 5.73 Å². The average Bonchev–Trinajstić information content (AvgIpc) is 2.82. The molecule has 0 spiro atoms. The van der Waals surface area contributed by atoms with E-state index in [2.05, 4.69) is 15.5 Å². The Morgan fingerprint density at radius 3 is 2.43 bits per heavy atom. The first kappa shape index (κ1) is 13.4. The lowest BCUT2D eigenvalue weighted by molar-refractivity contribution is 0.626. The highest BCUT2D eigenvalue weighted by atomic mass is 32.1. The van der Waals surface area contributed by atoms with Gasteiger partial charge in [-0.25, -0.2) is 4.39 Å². The number of aromatic nitrogens is 3. The van der Waals surface area contributed by atoms with Crippen molar-refractivity contribution in [1.82, 2.24) is 15.0 Å². The summed E-state index contributed by atoms with van der Waals surface area (Å²) in [6, 6.07) is 9.70. The lowest BCUT2D eigenvalue weighted by Crippen LogP contribution is -2.19. The van der Waals surface area contributed by atoms with Gasteiger partial charge in [0.25, 0.3) is 0 Å². The number of aryl methyl sites for hydroxylation is 1. The molecular weight excluding hydrogens is 289 g/mol. The van der Waals surface area contributed by atoms with Gasteiger partial charge in [0, 0.05) is 5.69 Å². The highest BCUT2D eigenvalue weighted by molar-refractivity contribution is 7.80. The summed E-state index contributed by atoms with van der Waals surface area (Å²) in [5, 5.41) is 11.9.